The minimum Gasteiger partial charge on any atom is -0.338 e. The number of benzene rings is 2. The molecule has 7 nitrogen and oxygen atoms in total. The van der Waals surface area contributed by atoms with Crippen LogP contribution in [0.15, 0.2) is 66.9 Å². The van der Waals surface area contributed by atoms with Crippen molar-refractivity contribution < 1.29 is 9.59 Å². The summed E-state index contributed by atoms with van der Waals surface area (Å²) in [5.74, 6) is -0.0263. The van der Waals surface area contributed by atoms with E-state index in [1.165, 1.54) is 0 Å². The molecule has 1 aromatic heterocycles. The maximum absolute atomic E-state index is 12.2. The summed E-state index contributed by atoms with van der Waals surface area (Å²) < 4.78 is 1.85. The lowest BCUT2D eigenvalue weighted by Gasteiger charge is -2.16. The summed E-state index contributed by atoms with van der Waals surface area (Å²) in [5.41, 5.74) is 3.84. The maximum Gasteiger partial charge on any atom is 0.321 e. The van der Waals surface area contributed by atoms with Gasteiger partial charge in [-0.15, -0.1) is 0 Å². The summed E-state index contributed by atoms with van der Waals surface area (Å²) in [6.45, 7) is 5.12. The molecular weight excluding hydrogens is 390 g/mol. The third-order valence-corrected chi connectivity index (χ3v) is 4.64. The third kappa shape index (κ3) is 6.52. The Bertz CT molecular complexity index is 999. The second kappa shape index (κ2) is 10.5. The van der Waals surface area contributed by atoms with Gasteiger partial charge in [0.15, 0.2) is 0 Å². The van der Waals surface area contributed by atoms with Crippen LogP contribution in [0.3, 0.4) is 0 Å². The Kier molecular flexibility index (Phi) is 7.56. The zero-order valence-corrected chi connectivity index (χ0v) is 18.2. The summed E-state index contributed by atoms with van der Waals surface area (Å²) in [5, 5.41) is 9.86. The largest absolute Gasteiger partial charge is 0.338 e. The van der Waals surface area contributed by atoms with E-state index < -0.39 is 6.03 Å². The zero-order chi connectivity index (χ0) is 22.2. The van der Waals surface area contributed by atoms with E-state index in [2.05, 4.69) is 10.6 Å². The second-order valence-corrected chi connectivity index (χ2v) is 7.97. The van der Waals surface area contributed by atoms with Crippen LogP contribution in [0.4, 0.5) is 4.79 Å². The average molecular weight is 420 g/mol. The van der Waals surface area contributed by atoms with Crippen LogP contribution in [0.1, 0.15) is 19.4 Å². The number of aromatic nitrogens is 2. The first-order valence-electron chi connectivity index (χ1n) is 10.4. The van der Waals surface area contributed by atoms with E-state index in [9.17, 15) is 9.59 Å². The van der Waals surface area contributed by atoms with Gasteiger partial charge in [-0.25, -0.2) is 9.48 Å². The molecule has 0 fully saturated rings. The van der Waals surface area contributed by atoms with E-state index in [1.54, 1.807) is 0 Å². The number of urea groups is 1. The molecule has 0 radical (unpaired) electrons. The van der Waals surface area contributed by atoms with Gasteiger partial charge in [-0.2, -0.15) is 5.10 Å². The molecule has 0 saturated carbocycles. The first-order chi connectivity index (χ1) is 14.9. The highest BCUT2D eigenvalue weighted by atomic mass is 16.2. The van der Waals surface area contributed by atoms with Crippen molar-refractivity contribution in [3.8, 4) is 16.9 Å². The Morgan fingerprint density at radius 2 is 1.68 bits per heavy atom. The first kappa shape index (κ1) is 22.2. The molecule has 31 heavy (non-hydrogen) atoms. The van der Waals surface area contributed by atoms with Crippen LogP contribution in [0.2, 0.25) is 0 Å². The minimum absolute atomic E-state index is 0.0971. The first-order valence-corrected chi connectivity index (χ1v) is 10.4. The van der Waals surface area contributed by atoms with Crippen LogP contribution in [-0.2, 0) is 11.3 Å². The number of likely N-dealkylation sites (N-methyl/N-ethyl adjacent to an activating group) is 1. The maximum atomic E-state index is 12.2. The summed E-state index contributed by atoms with van der Waals surface area (Å²) in [6, 6.07) is 19.4. The topological polar surface area (TPSA) is 79.3 Å². The molecule has 0 spiro atoms. The molecule has 0 aliphatic rings. The second-order valence-electron chi connectivity index (χ2n) is 7.97. The summed E-state index contributed by atoms with van der Waals surface area (Å²) >= 11 is 0. The van der Waals surface area contributed by atoms with Crippen molar-refractivity contribution in [3.05, 3.63) is 72.4 Å². The fourth-order valence-corrected chi connectivity index (χ4v) is 3.18. The van der Waals surface area contributed by atoms with Gasteiger partial charge < -0.3 is 5.32 Å². The molecule has 3 aromatic rings. The van der Waals surface area contributed by atoms with Crippen molar-refractivity contribution in [1.82, 2.24) is 25.3 Å². The molecule has 7 heteroatoms. The van der Waals surface area contributed by atoms with Gasteiger partial charge in [0.1, 0.15) is 0 Å². The highest BCUT2D eigenvalue weighted by Gasteiger charge is 2.16. The SMILES string of the molecule is CC(C)CNC(=O)NC(=O)CN(C)Cc1cn(-c2ccccc2)nc1-c1ccccc1. The monoisotopic (exact) mass is 419 g/mol. The molecule has 162 valence electrons. The molecule has 0 aliphatic heterocycles. The number of carbonyl (C=O) groups excluding carboxylic acids is 2. The van der Waals surface area contributed by atoms with E-state index in [0.29, 0.717) is 19.0 Å². The Morgan fingerprint density at radius 1 is 1.03 bits per heavy atom. The van der Waals surface area contributed by atoms with Gasteiger partial charge in [0.05, 0.1) is 17.9 Å². The molecule has 2 aromatic carbocycles. The van der Waals surface area contributed by atoms with Crippen molar-refractivity contribution in [2.75, 3.05) is 20.1 Å². The van der Waals surface area contributed by atoms with Crippen LogP contribution in [0, 0.1) is 5.92 Å². The quantitative estimate of drug-likeness (QED) is 0.586. The number of hydrogen-bond acceptors (Lipinski definition) is 4. The van der Waals surface area contributed by atoms with Crippen molar-refractivity contribution in [2.24, 2.45) is 5.92 Å². The van der Waals surface area contributed by atoms with Crippen molar-refractivity contribution >= 4 is 11.9 Å². The zero-order valence-electron chi connectivity index (χ0n) is 18.2. The van der Waals surface area contributed by atoms with Crippen molar-refractivity contribution in [2.45, 2.75) is 20.4 Å². The lowest BCUT2D eigenvalue weighted by Crippen LogP contribution is -2.44. The van der Waals surface area contributed by atoms with Gasteiger partial charge in [0, 0.05) is 30.4 Å². The summed E-state index contributed by atoms with van der Waals surface area (Å²) in [4.78, 5) is 25.9. The summed E-state index contributed by atoms with van der Waals surface area (Å²) in [7, 11) is 1.85. The Morgan fingerprint density at radius 3 is 2.32 bits per heavy atom. The van der Waals surface area contributed by atoms with Gasteiger partial charge in [-0.1, -0.05) is 62.4 Å². The molecule has 3 amide bonds. The Balaban J connectivity index is 1.71. The molecule has 0 saturated heterocycles. The van der Waals surface area contributed by atoms with E-state index in [1.807, 2.05) is 97.3 Å². The van der Waals surface area contributed by atoms with E-state index in [-0.39, 0.29) is 12.5 Å². The van der Waals surface area contributed by atoms with E-state index in [4.69, 9.17) is 5.10 Å². The van der Waals surface area contributed by atoms with Crippen LogP contribution in [0.25, 0.3) is 16.9 Å². The van der Waals surface area contributed by atoms with E-state index in [0.717, 1.165) is 22.5 Å². The number of rotatable bonds is 8. The average Bonchev–Trinajstić information content (AvgIpc) is 3.17. The molecule has 0 atom stereocenters. The predicted molar refractivity (Wildman–Crippen MR) is 122 cm³/mol. The third-order valence-electron chi connectivity index (χ3n) is 4.64. The smallest absolute Gasteiger partial charge is 0.321 e. The molecule has 1 heterocycles. The molecular formula is C24H29N5O2. The number of carbonyl (C=O) groups is 2. The molecule has 0 aliphatic carbocycles. The molecule has 0 bridgehead atoms. The minimum atomic E-state index is -0.464. The van der Waals surface area contributed by atoms with E-state index >= 15 is 0 Å². The van der Waals surface area contributed by atoms with Crippen LogP contribution in [-0.4, -0.2) is 46.8 Å². The number of imide groups is 1. The predicted octanol–water partition coefficient (Wildman–Crippen LogP) is 3.45. The highest BCUT2D eigenvalue weighted by molar-refractivity contribution is 5.95. The van der Waals surface area contributed by atoms with Gasteiger partial charge in [0.25, 0.3) is 0 Å². The summed E-state index contributed by atoms with van der Waals surface area (Å²) in [6.07, 6.45) is 1.99. The number of para-hydroxylation sites is 1. The van der Waals surface area contributed by atoms with Gasteiger partial charge in [-0.05, 0) is 25.1 Å². The Hall–Kier alpha value is -3.45. The van der Waals surface area contributed by atoms with Crippen LogP contribution < -0.4 is 10.6 Å². The molecule has 2 N–H and O–H groups in total. The number of amides is 3. The Labute approximate surface area is 183 Å². The fraction of sp³-hybridized carbons (Fsp3) is 0.292. The van der Waals surface area contributed by atoms with Gasteiger partial charge in [0.2, 0.25) is 5.91 Å². The van der Waals surface area contributed by atoms with Gasteiger partial charge in [-0.3, -0.25) is 15.0 Å². The van der Waals surface area contributed by atoms with Crippen LogP contribution in [0.5, 0.6) is 0 Å². The van der Waals surface area contributed by atoms with Crippen molar-refractivity contribution in [3.63, 3.8) is 0 Å². The normalized spacial score (nSPS) is 11.0. The standard InChI is InChI=1S/C24H29N5O2/c1-18(2)14-25-24(31)26-22(30)17-28(3)15-20-16-29(21-12-8-5-9-13-21)27-23(20)19-10-6-4-7-11-19/h4-13,16,18H,14-15,17H2,1-3H3,(H2,25,26,30,31). The number of hydrogen-bond donors (Lipinski definition) is 2. The highest BCUT2D eigenvalue weighted by Crippen LogP contribution is 2.24. The lowest BCUT2D eigenvalue weighted by molar-refractivity contribution is -0.120. The fourth-order valence-electron chi connectivity index (χ4n) is 3.18. The molecule has 0 unspecified atom stereocenters. The number of nitrogens with one attached hydrogen (secondary N) is 2. The number of nitrogens with zero attached hydrogens (tertiary/aromatic N) is 3. The van der Waals surface area contributed by atoms with Crippen LogP contribution >= 0.6 is 0 Å². The lowest BCUT2D eigenvalue weighted by atomic mass is 10.1. The van der Waals surface area contributed by atoms with Crippen molar-refractivity contribution in [1.29, 1.82) is 0 Å². The molecule has 3 rings (SSSR count). The van der Waals surface area contributed by atoms with Gasteiger partial charge >= 0.3 is 6.03 Å².